The molecular weight excluding hydrogens is 384 g/mol. The van der Waals surface area contributed by atoms with Gasteiger partial charge in [-0.3, -0.25) is 0 Å². The number of rotatable bonds is 6. The fourth-order valence-corrected chi connectivity index (χ4v) is 2.97. The van der Waals surface area contributed by atoms with Gasteiger partial charge in [0, 0.05) is 15.6 Å². The number of esters is 1. The minimum absolute atomic E-state index is 0.180. The molecule has 0 radical (unpaired) electrons. The number of ether oxygens (including phenoxy) is 1. The van der Waals surface area contributed by atoms with Crippen LogP contribution in [0.1, 0.15) is 55.2 Å². The molecule has 6 heteroatoms. The fraction of sp³-hybridized carbons (Fsp3) is 0.316. The summed E-state index contributed by atoms with van der Waals surface area (Å²) in [5, 5.41) is 18.0. The summed E-state index contributed by atoms with van der Waals surface area (Å²) in [6.07, 6.45) is 3.33. The monoisotopic (exact) mass is 404 g/mol. The largest absolute Gasteiger partial charge is 0.507 e. The first-order valence-corrected chi connectivity index (χ1v) is 8.96. The molecular formula is C19H21BrN2O3. The molecule has 1 aromatic heterocycles. The Hall–Kier alpha value is -2.21. The number of hydrogen-bond acceptors (Lipinski definition) is 5. The first-order chi connectivity index (χ1) is 12.0. The first-order valence-electron chi connectivity index (χ1n) is 8.16. The number of phenols is 1. The van der Waals surface area contributed by atoms with Crippen molar-refractivity contribution >= 4 is 33.0 Å². The molecule has 0 atom stereocenters. The first kappa shape index (κ1) is 19.1. The summed E-state index contributed by atoms with van der Waals surface area (Å²) in [4.78, 5) is 11.9. The van der Waals surface area contributed by atoms with Gasteiger partial charge in [0.25, 0.3) is 0 Å². The van der Waals surface area contributed by atoms with Crippen molar-refractivity contribution in [1.29, 1.82) is 0 Å². The van der Waals surface area contributed by atoms with Gasteiger partial charge >= 0.3 is 5.97 Å². The summed E-state index contributed by atoms with van der Waals surface area (Å²) in [5.41, 5.74) is 3.67. The van der Waals surface area contributed by atoms with Crippen molar-refractivity contribution in [3.8, 4) is 5.75 Å². The fourth-order valence-electron chi connectivity index (χ4n) is 2.61. The molecule has 0 aliphatic rings. The van der Waals surface area contributed by atoms with Gasteiger partial charge in [-0.05, 0) is 55.7 Å². The van der Waals surface area contributed by atoms with Crippen LogP contribution in [0.2, 0.25) is 0 Å². The van der Waals surface area contributed by atoms with Crippen LogP contribution in [-0.4, -0.2) is 27.9 Å². The number of carbonyl (C=O) groups excluding carboxylic acids is 1. The van der Waals surface area contributed by atoms with Gasteiger partial charge in [-0.2, -0.15) is 5.10 Å². The highest BCUT2D eigenvalue weighted by Crippen LogP contribution is 2.35. The van der Waals surface area contributed by atoms with Crippen molar-refractivity contribution in [2.45, 2.75) is 33.6 Å². The lowest BCUT2D eigenvalue weighted by atomic mass is 9.93. The maximum Gasteiger partial charge on any atom is 0.358 e. The second-order valence-electron chi connectivity index (χ2n) is 5.56. The van der Waals surface area contributed by atoms with Gasteiger partial charge < -0.3 is 9.84 Å². The van der Waals surface area contributed by atoms with Crippen molar-refractivity contribution in [3.63, 3.8) is 0 Å². The normalized spacial score (nSPS) is 11.8. The van der Waals surface area contributed by atoms with E-state index < -0.39 is 5.97 Å². The van der Waals surface area contributed by atoms with Crippen molar-refractivity contribution < 1.29 is 14.6 Å². The number of aromatic hydroxyl groups is 1. The summed E-state index contributed by atoms with van der Waals surface area (Å²) in [6, 6.07) is 7.01. The minimum atomic E-state index is -0.490. The van der Waals surface area contributed by atoms with Gasteiger partial charge in [-0.15, -0.1) is 5.10 Å². The lowest BCUT2D eigenvalue weighted by Gasteiger charge is -2.14. The molecule has 0 aliphatic heterocycles. The molecule has 1 heterocycles. The lowest BCUT2D eigenvalue weighted by Crippen LogP contribution is -2.08. The predicted octanol–water partition coefficient (Wildman–Crippen LogP) is 4.85. The number of aromatic nitrogens is 2. The molecule has 0 fully saturated rings. The summed E-state index contributed by atoms with van der Waals surface area (Å²) >= 11 is 3.44. The number of halogens is 1. The van der Waals surface area contributed by atoms with E-state index in [1.807, 2.05) is 13.0 Å². The quantitative estimate of drug-likeness (QED) is 0.696. The van der Waals surface area contributed by atoms with Gasteiger partial charge in [0.15, 0.2) is 5.69 Å². The van der Waals surface area contributed by atoms with Gasteiger partial charge in [0.2, 0.25) is 0 Å². The van der Waals surface area contributed by atoms with E-state index in [9.17, 15) is 9.90 Å². The van der Waals surface area contributed by atoms with E-state index in [-0.39, 0.29) is 18.1 Å². The van der Waals surface area contributed by atoms with Crippen LogP contribution in [0.15, 0.2) is 34.9 Å². The van der Waals surface area contributed by atoms with Crippen LogP contribution in [0, 0.1) is 0 Å². The number of nitrogens with zero attached hydrogens (tertiary/aromatic N) is 2. The van der Waals surface area contributed by atoms with Crippen LogP contribution in [-0.2, 0) is 4.74 Å². The Kier molecular flexibility index (Phi) is 6.70. The van der Waals surface area contributed by atoms with E-state index in [2.05, 4.69) is 33.1 Å². The van der Waals surface area contributed by atoms with Crippen LogP contribution in [0.3, 0.4) is 0 Å². The summed E-state index contributed by atoms with van der Waals surface area (Å²) in [6.45, 7) is 6.07. The van der Waals surface area contributed by atoms with Gasteiger partial charge in [-0.1, -0.05) is 29.3 Å². The molecule has 25 heavy (non-hydrogen) atoms. The van der Waals surface area contributed by atoms with Crippen molar-refractivity contribution in [2.75, 3.05) is 6.61 Å². The second kappa shape index (κ2) is 8.76. The predicted molar refractivity (Wildman–Crippen MR) is 101 cm³/mol. The number of carbonyl (C=O) groups is 1. The molecule has 0 amide bonds. The maximum absolute atomic E-state index is 11.9. The van der Waals surface area contributed by atoms with Crippen LogP contribution in [0.25, 0.3) is 11.1 Å². The zero-order valence-corrected chi connectivity index (χ0v) is 16.1. The molecule has 132 valence electrons. The van der Waals surface area contributed by atoms with Crippen LogP contribution < -0.4 is 0 Å². The number of allylic oxidation sites excluding steroid dienone is 2. The summed E-state index contributed by atoms with van der Waals surface area (Å²) in [5.74, 6) is -0.280. The highest BCUT2D eigenvalue weighted by molar-refractivity contribution is 9.10. The summed E-state index contributed by atoms with van der Waals surface area (Å²) < 4.78 is 5.88. The Bertz CT molecular complexity index is 803. The van der Waals surface area contributed by atoms with Gasteiger partial charge in [0.1, 0.15) is 5.75 Å². The average molecular weight is 405 g/mol. The second-order valence-corrected chi connectivity index (χ2v) is 6.48. The number of benzene rings is 1. The Morgan fingerprint density at radius 3 is 2.72 bits per heavy atom. The summed E-state index contributed by atoms with van der Waals surface area (Å²) in [7, 11) is 0. The molecule has 1 N–H and O–H groups in total. The van der Waals surface area contributed by atoms with E-state index in [4.69, 9.17) is 4.74 Å². The minimum Gasteiger partial charge on any atom is -0.507 e. The Morgan fingerprint density at radius 1 is 1.28 bits per heavy atom. The van der Waals surface area contributed by atoms with E-state index >= 15 is 0 Å². The van der Waals surface area contributed by atoms with E-state index in [1.165, 1.54) is 0 Å². The Balaban J connectivity index is 2.55. The molecule has 5 nitrogen and oxygen atoms in total. The number of hydrogen-bond donors (Lipinski definition) is 1. The average Bonchev–Trinajstić information content (AvgIpc) is 2.61. The Morgan fingerprint density at radius 2 is 2.04 bits per heavy atom. The molecule has 0 spiro atoms. The molecule has 0 saturated carbocycles. The van der Waals surface area contributed by atoms with Crippen LogP contribution in [0.4, 0.5) is 0 Å². The molecule has 1 aromatic carbocycles. The molecule has 0 saturated heterocycles. The van der Waals surface area contributed by atoms with Gasteiger partial charge in [-0.25, -0.2) is 4.79 Å². The smallest absolute Gasteiger partial charge is 0.358 e. The Labute approximate surface area is 155 Å². The molecule has 0 bridgehead atoms. The highest BCUT2D eigenvalue weighted by atomic mass is 79.9. The zero-order chi connectivity index (χ0) is 18.4. The van der Waals surface area contributed by atoms with Crippen LogP contribution in [0.5, 0.6) is 5.75 Å². The molecule has 0 unspecified atom stereocenters. The molecule has 2 aromatic rings. The van der Waals surface area contributed by atoms with Gasteiger partial charge in [0.05, 0.1) is 12.8 Å². The zero-order valence-electron chi connectivity index (χ0n) is 14.5. The molecule has 2 rings (SSSR count). The van der Waals surface area contributed by atoms with Crippen molar-refractivity contribution in [3.05, 3.63) is 51.8 Å². The lowest BCUT2D eigenvalue weighted by molar-refractivity contribution is 0.0518. The van der Waals surface area contributed by atoms with Crippen molar-refractivity contribution in [1.82, 2.24) is 10.2 Å². The standard InChI is InChI=1S/C19H21BrN2O3/c1-4-6-15(12(3)16-10-14(20)7-8-18(16)23)13-9-17(22-21-11-13)19(24)25-5-2/h7-11,23H,4-6H2,1-3H3/b15-12-. The highest BCUT2D eigenvalue weighted by Gasteiger charge is 2.15. The molecule has 0 aliphatic carbocycles. The SMILES string of the molecule is CCC/C(=C(\C)c1cc(Br)ccc1O)c1cnnc(C(=O)OCC)c1. The maximum atomic E-state index is 11.9. The van der Waals surface area contributed by atoms with E-state index in [0.717, 1.165) is 39.6 Å². The third-order valence-corrected chi connectivity index (χ3v) is 4.30. The van der Waals surface area contributed by atoms with E-state index in [0.29, 0.717) is 0 Å². The van der Waals surface area contributed by atoms with Crippen LogP contribution >= 0.6 is 15.9 Å². The number of phenolic OH excluding ortho intramolecular Hbond substituents is 1. The van der Waals surface area contributed by atoms with E-state index in [1.54, 1.807) is 31.3 Å². The van der Waals surface area contributed by atoms with Crippen molar-refractivity contribution in [2.24, 2.45) is 0 Å². The third-order valence-electron chi connectivity index (χ3n) is 3.80. The third kappa shape index (κ3) is 4.66. The topological polar surface area (TPSA) is 72.3 Å².